The van der Waals surface area contributed by atoms with E-state index in [9.17, 15) is 19.5 Å². The number of benzene rings is 1. The van der Waals surface area contributed by atoms with E-state index in [1.807, 2.05) is 35.0 Å². The second kappa shape index (κ2) is 13.0. The van der Waals surface area contributed by atoms with Gasteiger partial charge in [-0.3, -0.25) is 14.4 Å². The van der Waals surface area contributed by atoms with Crippen LogP contribution in [-0.4, -0.2) is 85.1 Å². The predicted octanol–water partition coefficient (Wildman–Crippen LogP) is 2.15. The van der Waals surface area contributed by atoms with E-state index < -0.39 is 29.9 Å². The monoisotopic (exact) mass is 593 g/mol. The number of aryl methyl sites for hydroxylation is 1. The van der Waals surface area contributed by atoms with Crippen molar-refractivity contribution >= 4 is 35.0 Å². The number of nitrogens with zero attached hydrogens (tertiary/aromatic N) is 5. The van der Waals surface area contributed by atoms with Gasteiger partial charge in [0.1, 0.15) is 29.0 Å². The van der Waals surface area contributed by atoms with Crippen molar-refractivity contribution in [3.63, 3.8) is 0 Å². The van der Waals surface area contributed by atoms with Crippen LogP contribution in [0.25, 0.3) is 17.0 Å². The van der Waals surface area contributed by atoms with Gasteiger partial charge < -0.3 is 34.3 Å². The molecule has 13 heteroatoms. The fourth-order valence-electron chi connectivity index (χ4n) is 4.77. The van der Waals surface area contributed by atoms with Gasteiger partial charge in [-0.1, -0.05) is 23.7 Å². The average Bonchev–Trinajstić information content (AvgIpc) is 3.61. The highest BCUT2D eigenvalue weighted by Gasteiger charge is 2.28. The van der Waals surface area contributed by atoms with Crippen LogP contribution in [0.15, 0.2) is 61.2 Å². The zero-order valence-corrected chi connectivity index (χ0v) is 23.8. The van der Waals surface area contributed by atoms with E-state index in [0.717, 1.165) is 11.4 Å². The predicted molar refractivity (Wildman–Crippen MR) is 155 cm³/mol. The molecular formula is C29H32ClN7O5. The fraction of sp³-hybridized carbons (Fsp3) is 0.345. The van der Waals surface area contributed by atoms with E-state index in [1.165, 1.54) is 11.8 Å². The molecule has 220 valence electrons. The van der Waals surface area contributed by atoms with E-state index >= 15 is 0 Å². The summed E-state index contributed by atoms with van der Waals surface area (Å²) in [5.74, 6) is -0.156. The number of hydrogen-bond acceptors (Lipinski definition) is 7. The first-order valence-electron chi connectivity index (χ1n) is 13.7. The highest BCUT2D eigenvalue weighted by Crippen LogP contribution is 2.23. The zero-order chi connectivity index (χ0) is 29.6. The van der Waals surface area contributed by atoms with Gasteiger partial charge in [-0.05, 0) is 44.0 Å². The molecule has 0 fully saturated rings. The molecule has 0 radical (unpaired) electrons. The van der Waals surface area contributed by atoms with Gasteiger partial charge in [0.25, 0.3) is 5.91 Å². The molecule has 4 heterocycles. The van der Waals surface area contributed by atoms with Crippen LogP contribution in [0, 0.1) is 0 Å². The minimum absolute atomic E-state index is 0.136. The Morgan fingerprint density at radius 3 is 2.86 bits per heavy atom. The van der Waals surface area contributed by atoms with Crippen molar-refractivity contribution in [1.82, 2.24) is 34.5 Å². The highest BCUT2D eigenvalue weighted by molar-refractivity contribution is 6.30. The molecule has 5 rings (SSSR count). The van der Waals surface area contributed by atoms with Crippen molar-refractivity contribution in [2.75, 3.05) is 26.2 Å². The summed E-state index contributed by atoms with van der Waals surface area (Å²) in [7, 11) is 0. The Balaban J connectivity index is 1.39. The first-order chi connectivity index (χ1) is 20.3. The fourth-order valence-corrected chi connectivity index (χ4v) is 4.94. The molecule has 2 bridgehead atoms. The molecule has 3 N–H and O–H groups in total. The third-order valence-corrected chi connectivity index (χ3v) is 7.08. The lowest BCUT2D eigenvalue weighted by Crippen LogP contribution is -2.55. The molecule has 0 unspecified atom stereocenters. The molecule has 1 aliphatic heterocycles. The van der Waals surface area contributed by atoms with Gasteiger partial charge in [-0.2, -0.15) is 0 Å². The topological polar surface area (TPSA) is 143 Å². The maximum absolute atomic E-state index is 13.5. The average molecular weight is 594 g/mol. The number of amides is 3. The number of rotatable bonds is 2. The van der Waals surface area contributed by atoms with Crippen molar-refractivity contribution < 1.29 is 24.2 Å². The van der Waals surface area contributed by atoms with Gasteiger partial charge >= 0.3 is 0 Å². The Bertz CT molecular complexity index is 1580. The molecular weight excluding hydrogens is 562 g/mol. The van der Waals surface area contributed by atoms with Gasteiger partial charge in [-0.25, -0.2) is 9.97 Å². The summed E-state index contributed by atoms with van der Waals surface area (Å²) in [5.41, 5.74) is 1.55. The number of aromatic nitrogens is 4. The molecule has 3 aromatic heterocycles. The summed E-state index contributed by atoms with van der Waals surface area (Å²) in [5, 5.41) is 16.1. The molecule has 0 saturated carbocycles. The van der Waals surface area contributed by atoms with Crippen LogP contribution in [0.2, 0.25) is 5.02 Å². The van der Waals surface area contributed by atoms with Crippen LogP contribution in [0.4, 0.5) is 0 Å². The molecule has 1 aromatic carbocycles. The van der Waals surface area contributed by atoms with Crippen LogP contribution in [0.3, 0.4) is 0 Å². The number of aliphatic hydroxyl groups excluding tert-OH is 1. The lowest BCUT2D eigenvalue weighted by molar-refractivity contribution is -0.131. The normalized spacial score (nSPS) is 18.1. The summed E-state index contributed by atoms with van der Waals surface area (Å²) in [4.78, 5) is 49.7. The van der Waals surface area contributed by atoms with Gasteiger partial charge in [-0.15, -0.1) is 0 Å². The minimum Gasteiger partial charge on any atom is -0.494 e. The van der Waals surface area contributed by atoms with Crippen LogP contribution >= 0.6 is 11.6 Å². The number of carbonyl (C=O) groups is 3. The quantitative estimate of drug-likeness (QED) is 0.323. The van der Waals surface area contributed by atoms with Crippen LogP contribution in [0.5, 0.6) is 5.75 Å². The third-order valence-electron chi connectivity index (χ3n) is 6.86. The third kappa shape index (κ3) is 6.89. The lowest BCUT2D eigenvalue weighted by Gasteiger charge is -2.25. The summed E-state index contributed by atoms with van der Waals surface area (Å²) >= 11 is 6.08. The van der Waals surface area contributed by atoms with Crippen LogP contribution in [-0.2, 0) is 16.1 Å². The molecule has 0 aliphatic carbocycles. The van der Waals surface area contributed by atoms with Crippen molar-refractivity contribution in [2.24, 2.45) is 0 Å². The Labute approximate surface area is 247 Å². The Morgan fingerprint density at radius 1 is 1.17 bits per heavy atom. The van der Waals surface area contributed by atoms with E-state index in [2.05, 4.69) is 20.6 Å². The van der Waals surface area contributed by atoms with Crippen molar-refractivity contribution in [2.45, 2.75) is 38.5 Å². The molecule has 3 amide bonds. The number of ether oxygens (including phenoxy) is 1. The second-order valence-corrected chi connectivity index (χ2v) is 10.5. The zero-order valence-electron chi connectivity index (χ0n) is 23.1. The first kappa shape index (κ1) is 29.1. The van der Waals surface area contributed by atoms with E-state index in [1.54, 1.807) is 35.1 Å². The number of imidazole rings is 2. The van der Waals surface area contributed by atoms with Gasteiger partial charge in [0.15, 0.2) is 0 Å². The van der Waals surface area contributed by atoms with E-state index in [4.69, 9.17) is 16.3 Å². The smallest absolute Gasteiger partial charge is 0.274 e. The van der Waals surface area contributed by atoms with E-state index in [-0.39, 0.29) is 25.4 Å². The first-order valence-corrected chi connectivity index (χ1v) is 14.1. The van der Waals surface area contributed by atoms with E-state index in [0.29, 0.717) is 42.4 Å². The summed E-state index contributed by atoms with van der Waals surface area (Å²) < 4.78 is 9.61. The number of pyridine rings is 1. The standard InChI is InChI=1S/C29H32ClN7O5/c1-19(38)26-28(40)32-9-3-11-35-13-10-31-27(35)20-5-2-6-22(15-20)42-14-4-12-36(18-25(39)34-26)29(41)23-17-37-16-21(30)7-8-24(37)33-23/h2,5-8,10,13,15-17,19,26,38H,3-4,9,11-12,14,18H2,1H3,(H,32,40)(H,34,39)/t19-,26+/m1/s1. The maximum atomic E-state index is 13.5. The van der Waals surface area contributed by atoms with Crippen molar-refractivity contribution in [1.29, 1.82) is 0 Å². The summed E-state index contributed by atoms with van der Waals surface area (Å²) in [6.45, 7) is 2.45. The number of carbonyl (C=O) groups excluding carboxylic acids is 3. The Morgan fingerprint density at radius 2 is 2.02 bits per heavy atom. The van der Waals surface area contributed by atoms with Crippen molar-refractivity contribution in [3.05, 3.63) is 71.9 Å². The molecule has 2 atom stereocenters. The summed E-state index contributed by atoms with van der Waals surface area (Å²) in [6.07, 6.45) is 6.62. The SMILES string of the molecule is C[C@@H](O)[C@@H]1NC(=O)CN(C(=O)c2cn3cc(Cl)ccc3n2)CCCOc2cccc(c2)-c2nccn2CCCNC1=O. The van der Waals surface area contributed by atoms with Crippen LogP contribution in [0.1, 0.15) is 30.3 Å². The van der Waals surface area contributed by atoms with Gasteiger partial charge in [0.05, 0.1) is 24.3 Å². The van der Waals surface area contributed by atoms with Crippen LogP contribution < -0.4 is 15.4 Å². The highest BCUT2D eigenvalue weighted by atomic mass is 35.5. The Kier molecular flexibility index (Phi) is 9.03. The largest absolute Gasteiger partial charge is 0.494 e. The molecule has 1 aliphatic rings. The maximum Gasteiger partial charge on any atom is 0.274 e. The van der Waals surface area contributed by atoms with Gasteiger partial charge in [0, 0.05) is 50.0 Å². The number of halogens is 1. The second-order valence-electron chi connectivity index (χ2n) is 10.1. The number of fused-ring (bicyclic) bond motifs is 5. The number of aliphatic hydroxyl groups is 1. The van der Waals surface area contributed by atoms with Crippen molar-refractivity contribution in [3.8, 4) is 17.1 Å². The molecule has 0 saturated heterocycles. The van der Waals surface area contributed by atoms with Gasteiger partial charge in [0.2, 0.25) is 11.8 Å². The Hall–Kier alpha value is -4.42. The number of nitrogens with one attached hydrogen (secondary N) is 2. The molecule has 0 spiro atoms. The molecule has 12 nitrogen and oxygen atoms in total. The molecule has 4 aromatic rings. The number of hydrogen-bond donors (Lipinski definition) is 3. The minimum atomic E-state index is -1.19. The lowest BCUT2D eigenvalue weighted by atomic mass is 10.1. The molecule has 42 heavy (non-hydrogen) atoms. The summed E-state index contributed by atoms with van der Waals surface area (Å²) in [6, 6.07) is 9.76.